The molecule has 1 aromatic heterocycles. The number of fused-ring (bicyclic) bond motifs is 1. The van der Waals surface area contributed by atoms with Crippen LogP contribution in [0.1, 0.15) is 229 Å². The van der Waals surface area contributed by atoms with Crippen LogP contribution in [-0.2, 0) is 87.6 Å². The molecule has 5 rings (SSSR count). The number of carbonyl (C=O) groups is 17. The lowest BCUT2D eigenvalue weighted by Crippen LogP contribution is -2.62. The van der Waals surface area contributed by atoms with E-state index in [1.165, 1.54) is 12.1 Å². The van der Waals surface area contributed by atoms with E-state index in [2.05, 4.69) is 105 Å². The van der Waals surface area contributed by atoms with E-state index in [4.69, 9.17) is 28.4 Å². The maximum absolute atomic E-state index is 15.6. The number of aryl methyl sites for hydroxylation is 1. The Morgan fingerprint density at radius 1 is 0.521 bits per heavy atom. The van der Waals surface area contributed by atoms with Crippen LogP contribution in [0.4, 0.5) is 34.1 Å². The Labute approximate surface area is 827 Å². The second-order valence-corrected chi connectivity index (χ2v) is 39.9. The second kappa shape index (κ2) is 55.2. The molecular formula is C96H149FN20O25. The molecule has 2 aromatic carbocycles. The zero-order chi connectivity index (χ0) is 107. The number of ether oxygens (including phenoxy) is 6. The van der Waals surface area contributed by atoms with E-state index in [0.29, 0.717) is 41.2 Å². The van der Waals surface area contributed by atoms with Crippen molar-refractivity contribution in [3.05, 3.63) is 88.0 Å². The first kappa shape index (κ1) is 119. The number of halogens is 1. The molecule has 1 fully saturated rings. The van der Waals surface area contributed by atoms with Crippen LogP contribution in [0.5, 0.6) is 0 Å². The van der Waals surface area contributed by atoms with Crippen LogP contribution in [0, 0.1) is 25.6 Å². The molecule has 3 heterocycles. The zero-order valence-electron chi connectivity index (χ0n) is 85.7. The quantitative estimate of drug-likeness (QED) is 0.0368. The van der Waals surface area contributed by atoms with Gasteiger partial charge in [0.05, 0.1) is 23.5 Å². The highest BCUT2D eigenvalue weighted by atomic mass is 19.1. The molecule has 0 spiro atoms. The summed E-state index contributed by atoms with van der Waals surface area (Å²) in [5.41, 5.74) is -2.31. The number of amides is 17. The van der Waals surface area contributed by atoms with Gasteiger partial charge in [-0.3, -0.25) is 57.5 Å². The summed E-state index contributed by atoms with van der Waals surface area (Å²) in [5.74, 6) is -14.4. The standard InChI is InChI=1S/C96H149FN20O25/c1-24-117(25-2)46-45-99-83(129)72-53(5)68(105-54(72)6)50-60-59-49-58(97)31-32-61(59)114-86(60)137-51-71(120)106-62(34-40-100-87(132)138-92(9,10)11)79(125)116-74(56(8)119)85(131)111-66(37-43-103-90(135)141-95(18,19)20)77(123)107-63-33-39-98-84(130)73(55(7)118)115-80(126)67(38-44-104-91(136)142-96(21,22)23)109-76(122)64(35-41-101-88(133)139-93(12,13)14)110-81(127)69(47-52(3)4)112-82(128)70(48-57-29-27-26-28-30-57)113-78(124)65(108-75(63)121)36-42-102-89(134)140-94(15,16)17/h26-32,49-50,52,55-56,62-67,69-70,73-74,105,118-119H,24-25,33-48,51H2,1-23H3,(H,98,130)(H,99,129)(H,100,132)(H,101,133)(H,102,134)(H,103,135)(H,104,136)(H,106,120)(H,107,123)(H,108,121)(H,109,122)(H,110,127)(H,111,131)(H,112,128)(H,113,124)(H,115,126)(H,116,125)/b60-50-/t55-,56-,62+,63+,64+,65+,66+,67+,69+,70-,73+,74+/m1/s1. The fourth-order valence-electron chi connectivity index (χ4n) is 14.3. The number of aliphatic hydroxyl groups is 2. The van der Waals surface area contributed by atoms with Crippen molar-refractivity contribution in [3.63, 3.8) is 0 Å². The van der Waals surface area contributed by atoms with Gasteiger partial charge in [0, 0.05) is 81.3 Å². The number of H-pyrrole nitrogens is 1. The van der Waals surface area contributed by atoms with E-state index in [1.54, 1.807) is 168 Å². The van der Waals surface area contributed by atoms with Gasteiger partial charge in [-0.05, 0) is 231 Å². The molecule has 0 aliphatic carbocycles. The summed E-state index contributed by atoms with van der Waals surface area (Å²) in [6.07, 6.45) is -10.8. The van der Waals surface area contributed by atoms with E-state index in [0.717, 1.165) is 33.0 Å². The van der Waals surface area contributed by atoms with Crippen LogP contribution in [0.15, 0.2) is 53.5 Å². The van der Waals surface area contributed by atoms with E-state index in [9.17, 15) is 63.0 Å². The summed E-state index contributed by atoms with van der Waals surface area (Å²) in [6, 6.07) is -6.48. The van der Waals surface area contributed by atoms with Crippen molar-refractivity contribution in [2.75, 3.05) is 72.1 Å². The average Bonchev–Trinajstić information content (AvgIpc) is 1.63. The number of aliphatic hydroxyl groups excluding tert-OH is 2. The number of aromatic amines is 1. The molecule has 2 aliphatic heterocycles. The lowest BCUT2D eigenvalue weighted by molar-refractivity contribution is -0.137. The number of aromatic nitrogens is 1. The first-order chi connectivity index (χ1) is 66.1. The minimum Gasteiger partial charge on any atom is -0.467 e. The van der Waals surface area contributed by atoms with Gasteiger partial charge in [0.15, 0.2) is 6.61 Å². The van der Waals surface area contributed by atoms with Crippen LogP contribution in [0.2, 0.25) is 0 Å². The first-order valence-electron chi connectivity index (χ1n) is 47.6. The van der Waals surface area contributed by atoms with Crippen LogP contribution < -0.4 is 90.4 Å². The molecule has 0 radical (unpaired) electrons. The summed E-state index contributed by atoms with van der Waals surface area (Å²) in [7, 11) is 0. The lowest BCUT2D eigenvalue weighted by atomic mass is 10.00. The van der Waals surface area contributed by atoms with Crippen molar-refractivity contribution in [3.8, 4) is 0 Å². The Balaban J connectivity index is 1.65. The Kier molecular flexibility index (Phi) is 46.4. The molecule has 45 nitrogen and oxygen atoms in total. The normalized spacial score (nSPS) is 19.1. The third-order valence-corrected chi connectivity index (χ3v) is 21.1. The van der Waals surface area contributed by atoms with Crippen LogP contribution in [0.25, 0.3) is 11.6 Å². The third-order valence-electron chi connectivity index (χ3n) is 21.1. The van der Waals surface area contributed by atoms with Gasteiger partial charge in [-0.15, -0.1) is 0 Å². The highest BCUT2D eigenvalue weighted by molar-refractivity contribution is 6.29. The number of hydrogen-bond donors (Lipinski definition) is 20. The van der Waals surface area contributed by atoms with E-state index < -0.39 is 286 Å². The summed E-state index contributed by atoms with van der Waals surface area (Å²) in [4.78, 5) is 255. The predicted octanol–water partition coefficient (Wildman–Crippen LogP) is 3.44. The number of rotatable bonds is 37. The molecule has 0 unspecified atom stereocenters. The Bertz CT molecular complexity index is 4930. The van der Waals surface area contributed by atoms with Crippen molar-refractivity contribution in [1.29, 1.82) is 0 Å². The molecular weight excluding hydrogens is 1850 g/mol. The minimum atomic E-state index is -2.10. The number of carbonyl (C=O) groups excluding carboxylic acids is 17. The average molecular weight is 2000 g/mol. The summed E-state index contributed by atoms with van der Waals surface area (Å²) in [6.45, 7) is 35.4. The maximum Gasteiger partial charge on any atom is 0.407 e. The molecule has 2 aliphatic rings. The van der Waals surface area contributed by atoms with Gasteiger partial charge in [-0.2, -0.15) is 0 Å². The number of hydrogen-bond acceptors (Lipinski definition) is 27. The van der Waals surface area contributed by atoms with Crippen LogP contribution in [0.3, 0.4) is 0 Å². The van der Waals surface area contributed by atoms with Gasteiger partial charge in [0.25, 0.3) is 11.8 Å². The molecule has 17 amide bonds. The lowest BCUT2D eigenvalue weighted by Gasteiger charge is -2.29. The minimum absolute atomic E-state index is 0.150. The zero-order valence-corrected chi connectivity index (χ0v) is 85.7. The van der Waals surface area contributed by atoms with Crippen molar-refractivity contribution in [2.24, 2.45) is 10.9 Å². The first-order valence-corrected chi connectivity index (χ1v) is 47.6. The van der Waals surface area contributed by atoms with Crippen molar-refractivity contribution in [2.45, 2.75) is 311 Å². The predicted molar refractivity (Wildman–Crippen MR) is 522 cm³/mol. The topological polar surface area (TPSA) is 622 Å². The van der Waals surface area contributed by atoms with E-state index in [-0.39, 0.29) is 48.0 Å². The summed E-state index contributed by atoms with van der Waals surface area (Å²) in [5, 5.41) is 66.3. The number of likely N-dealkylation sites (N-methyl/N-ethyl adjacent to an activating group) is 1. The Morgan fingerprint density at radius 2 is 0.965 bits per heavy atom. The smallest absolute Gasteiger partial charge is 0.407 e. The van der Waals surface area contributed by atoms with E-state index in [1.807, 2.05) is 13.8 Å². The van der Waals surface area contributed by atoms with Crippen molar-refractivity contribution >= 4 is 125 Å². The molecule has 3 aromatic rings. The summed E-state index contributed by atoms with van der Waals surface area (Å²) < 4.78 is 48.3. The Hall–Kier alpha value is -13.3. The van der Waals surface area contributed by atoms with Gasteiger partial charge in [0.1, 0.15) is 94.2 Å². The van der Waals surface area contributed by atoms with Crippen molar-refractivity contribution in [1.82, 2.24) is 100 Å². The largest absolute Gasteiger partial charge is 0.467 e. The highest BCUT2D eigenvalue weighted by Crippen LogP contribution is 2.38. The number of benzene rings is 2. The fraction of sp³-hybridized carbons (Fsp3) is 0.625. The molecule has 790 valence electrons. The Morgan fingerprint density at radius 3 is 1.43 bits per heavy atom. The van der Waals surface area contributed by atoms with Gasteiger partial charge in [-0.25, -0.2) is 33.4 Å². The van der Waals surface area contributed by atoms with E-state index >= 15 is 33.2 Å². The SMILES string of the molecule is CCN(CC)CCNC(=O)c1c(C)[nH]c(/C=C2\C(OCC(=O)N[C@@H](CCNC(=O)OC(C)(C)C)C(=O)N[C@H](C(=O)N[C@@H](CCNC(=O)OC(C)(C)C)C(=O)N[C@H]3CCNC(=O)[C@H]([C@@H](C)O)NC(=O)[C@H](CCNC(=O)OC(C)(C)C)NC(=O)[C@H](CCNC(=O)OC(C)(C)C)NC(=O)[C@H](CC(C)C)NC(=O)[C@@H](Cc4ccccc4)NC(=O)[C@H](CCNC(=O)OC(C)(C)C)NC3=O)[C@@H](C)O)=Nc3ccc(F)cc32)c1C. The monoisotopic (exact) mass is 2000 g/mol. The molecule has 0 saturated carbocycles. The highest BCUT2D eigenvalue weighted by Gasteiger charge is 2.41. The fourth-order valence-corrected chi connectivity index (χ4v) is 14.3. The molecule has 1 saturated heterocycles. The number of alkyl carbamates (subject to hydrolysis) is 5. The molecule has 142 heavy (non-hydrogen) atoms. The van der Waals surface area contributed by atoms with Gasteiger partial charge >= 0.3 is 30.5 Å². The van der Waals surface area contributed by atoms with Gasteiger partial charge in [-0.1, -0.05) is 58.0 Å². The third kappa shape index (κ3) is 43.0. The molecule has 20 N–H and O–H groups in total. The van der Waals surface area contributed by atoms with Gasteiger partial charge in [0.2, 0.25) is 65.0 Å². The van der Waals surface area contributed by atoms with Crippen LogP contribution in [-0.4, -0.2) is 300 Å². The number of aliphatic imine (C=N–C) groups is 1. The summed E-state index contributed by atoms with van der Waals surface area (Å²) >= 11 is 0. The second-order valence-electron chi connectivity index (χ2n) is 39.9. The molecule has 0 bridgehead atoms. The number of nitrogens with zero attached hydrogens (tertiary/aromatic N) is 2. The molecule has 46 heteroatoms. The van der Waals surface area contributed by atoms with Crippen LogP contribution >= 0.6 is 0 Å². The van der Waals surface area contributed by atoms with Crippen molar-refractivity contribution < 1.29 is 125 Å². The maximum atomic E-state index is 15.6. The van der Waals surface area contributed by atoms with Gasteiger partial charge < -0.3 is 139 Å². The number of nitrogens with one attached hydrogen (secondary N) is 18. The molecule has 12 atom stereocenters.